The van der Waals surface area contributed by atoms with Gasteiger partial charge in [-0.1, -0.05) is 0 Å². The van der Waals surface area contributed by atoms with Crippen LogP contribution in [0.15, 0.2) is 0 Å². The van der Waals surface area contributed by atoms with Gasteiger partial charge in [0.15, 0.2) is 0 Å². The van der Waals surface area contributed by atoms with Gasteiger partial charge in [-0.25, -0.2) is 9.59 Å². The number of rotatable bonds is 8. The summed E-state index contributed by atoms with van der Waals surface area (Å²) in [6.07, 6.45) is 1.72. The number of likely N-dealkylation sites (tertiary alicyclic amines) is 1. The number of nitriles is 1. The molecule has 0 radical (unpaired) electrons. The smallest absolute Gasteiger partial charge is 0.348 e. The van der Waals surface area contributed by atoms with Crippen LogP contribution >= 0.6 is 11.3 Å². The molecule has 2 rings (SSSR count). The Morgan fingerprint density at radius 1 is 1.33 bits per heavy atom. The molecule has 1 aromatic heterocycles. The number of thiophene rings is 1. The lowest BCUT2D eigenvalue weighted by molar-refractivity contribution is -0.121. The van der Waals surface area contributed by atoms with Gasteiger partial charge >= 0.3 is 11.9 Å². The number of carbonyl (C=O) groups is 3. The van der Waals surface area contributed by atoms with Crippen molar-refractivity contribution in [2.75, 3.05) is 31.6 Å². The van der Waals surface area contributed by atoms with Crippen molar-refractivity contribution >= 4 is 34.2 Å². The Labute approximate surface area is 181 Å². The molecule has 2 heterocycles. The van der Waals surface area contributed by atoms with E-state index in [-0.39, 0.29) is 35.0 Å². The molecule has 0 spiro atoms. The summed E-state index contributed by atoms with van der Waals surface area (Å²) < 4.78 is 10.4. The fraction of sp³-hybridized carbons (Fsp3) is 0.619. The van der Waals surface area contributed by atoms with Crippen LogP contribution in [-0.2, 0) is 14.3 Å². The molecule has 0 aromatic carbocycles. The fourth-order valence-corrected chi connectivity index (χ4v) is 4.49. The number of hydrogen-bond acceptors (Lipinski definition) is 8. The molecule has 1 saturated heterocycles. The first-order valence-corrected chi connectivity index (χ1v) is 11.0. The Bertz CT molecular complexity index is 827. The number of nitrogens with one attached hydrogen (secondary N) is 1. The van der Waals surface area contributed by atoms with Gasteiger partial charge in [-0.2, -0.15) is 5.26 Å². The van der Waals surface area contributed by atoms with Crippen LogP contribution in [-0.4, -0.2) is 55.1 Å². The van der Waals surface area contributed by atoms with Crippen molar-refractivity contribution in [3.8, 4) is 6.07 Å². The van der Waals surface area contributed by atoms with E-state index in [4.69, 9.17) is 14.7 Å². The molecule has 0 aliphatic carbocycles. The van der Waals surface area contributed by atoms with E-state index in [1.807, 2.05) is 0 Å². The van der Waals surface area contributed by atoms with Gasteiger partial charge < -0.3 is 19.7 Å². The average molecular weight is 436 g/mol. The quantitative estimate of drug-likeness (QED) is 0.624. The lowest BCUT2D eigenvalue weighted by atomic mass is 9.97. The highest BCUT2D eigenvalue weighted by molar-refractivity contribution is 7.18. The van der Waals surface area contributed by atoms with Gasteiger partial charge in [-0.05, 0) is 52.6 Å². The molecule has 1 N–H and O–H groups in total. The Morgan fingerprint density at radius 3 is 2.70 bits per heavy atom. The zero-order chi connectivity index (χ0) is 22.3. The Balaban J connectivity index is 2.24. The van der Waals surface area contributed by atoms with Crippen LogP contribution in [0.2, 0.25) is 0 Å². The summed E-state index contributed by atoms with van der Waals surface area (Å²) in [5.74, 6) is -1.56. The second kappa shape index (κ2) is 11.1. The summed E-state index contributed by atoms with van der Waals surface area (Å²) in [6.45, 7) is 9.09. The number of piperidine rings is 1. The molecular formula is C21H29N3O5S. The molecule has 1 fully saturated rings. The molecule has 1 aliphatic rings. The second-order valence-electron chi connectivity index (χ2n) is 7.47. The van der Waals surface area contributed by atoms with Crippen LogP contribution in [0, 0.1) is 24.2 Å². The molecule has 30 heavy (non-hydrogen) atoms. The van der Waals surface area contributed by atoms with Crippen molar-refractivity contribution in [3.63, 3.8) is 0 Å². The van der Waals surface area contributed by atoms with Gasteiger partial charge in [0.25, 0.3) is 0 Å². The number of carbonyl (C=O) groups excluding carboxylic acids is 3. The zero-order valence-corrected chi connectivity index (χ0v) is 18.8. The topological polar surface area (TPSA) is 109 Å². The summed E-state index contributed by atoms with van der Waals surface area (Å²) in [5, 5.41) is 11.9. The molecule has 9 heteroatoms. The molecule has 1 amide bonds. The lowest BCUT2D eigenvalue weighted by Crippen LogP contribution is -2.41. The van der Waals surface area contributed by atoms with Crippen molar-refractivity contribution in [2.24, 2.45) is 5.92 Å². The number of ether oxygens (including phenoxy) is 2. The monoisotopic (exact) mass is 435 g/mol. The minimum Gasteiger partial charge on any atom is -0.462 e. The van der Waals surface area contributed by atoms with Crippen molar-refractivity contribution < 1.29 is 23.9 Å². The van der Waals surface area contributed by atoms with Crippen LogP contribution in [0.1, 0.15) is 65.6 Å². The van der Waals surface area contributed by atoms with E-state index in [1.165, 1.54) is 0 Å². The maximum Gasteiger partial charge on any atom is 0.348 e. The first kappa shape index (κ1) is 23.8. The molecule has 0 bridgehead atoms. The van der Waals surface area contributed by atoms with E-state index >= 15 is 0 Å². The van der Waals surface area contributed by atoms with E-state index in [0.29, 0.717) is 30.1 Å². The highest BCUT2D eigenvalue weighted by Crippen LogP contribution is 2.35. The van der Waals surface area contributed by atoms with Crippen LogP contribution in [0.3, 0.4) is 0 Å². The third-order valence-electron chi connectivity index (χ3n) is 4.81. The van der Waals surface area contributed by atoms with Crippen LogP contribution in [0.5, 0.6) is 0 Å². The van der Waals surface area contributed by atoms with Gasteiger partial charge in [0.05, 0.1) is 30.3 Å². The lowest BCUT2D eigenvalue weighted by Gasteiger charge is -2.31. The molecule has 164 valence electrons. The fourth-order valence-electron chi connectivity index (χ4n) is 3.41. The van der Waals surface area contributed by atoms with Crippen molar-refractivity contribution in [1.82, 2.24) is 4.90 Å². The van der Waals surface area contributed by atoms with Gasteiger partial charge in [0.1, 0.15) is 9.88 Å². The maximum atomic E-state index is 12.9. The summed E-state index contributed by atoms with van der Waals surface area (Å²) in [5.41, 5.74) is 0.641. The summed E-state index contributed by atoms with van der Waals surface area (Å²) in [7, 11) is 0. The normalized spacial score (nSPS) is 16.7. The number of amides is 1. The highest BCUT2D eigenvalue weighted by atomic mass is 32.1. The first-order valence-electron chi connectivity index (χ1n) is 10.2. The summed E-state index contributed by atoms with van der Waals surface area (Å²) in [6, 6.07) is 2.13. The van der Waals surface area contributed by atoms with Crippen LogP contribution in [0.4, 0.5) is 5.00 Å². The van der Waals surface area contributed by atoms with E-state index in [0.717, 1.165) is 30.7 Å². The van der Waals surface area contributed by atoms with Crippen molar-refractivity contribution in [2.45, 2.75) is 53.1 Å². The second-order valence-corrected chi connectivity index (χ2v) is 8.49. The third-order valence-corrected chi connectivity index (χ3v) is 5.99. The highest BCUT2D eigenvalue weighted by Gasteiger charge is 2.31. The Morgan fingerprint density at radius 2 is 2.07 bits per heavy atom. The van der Waals surface area contributed by atoms with E-state index in [2.05, 4.69) is 16.3 Å². The number of anilines is 1. The first-order chi connectivity index (χ1) is 14.3. The molecule has 1 aliphatic heterocycles. The maximum absolute atomic E-state index is 12.9. The van der Waals surface area contributed by atoms with Crippen LogP contribution < -0.4 is 5.32 Å². The van der Waals surface area contributed by atoms with Crippen molar-refractivity contribution in [1.29, 1.82) is 5.26 Å². The van der Waals surface area contributed by atoms with Crippen molar-refractivity contribution in [3.05, 3.63) is 16.0 Å². The molecular weight excluding hydrogens is 406 g/mol. The Kier molecular flexibility index (Phi) is 8.81. The largest absolute Gasteiger partial charge is 0.462 e. The minimum atomic E-state index is -0.579. The number of nitrogens with zero attached hydrogens (tertiary/aromatic N) is 2. The zero-order valence-electron chi connectivity index (χ0n) is 17.9. The molecule has 1 unspecified atom stereocenters. The molecule has 1 aromatic rings. The average Bonchev–Trinajstić information content (AvgIpc) is 3.02. The molecule has 1 atom stereocenters. The van der Waals surface area contributed by atoms with E-state index in [9.17, 15) is 14.4 Å². The van der Waals surface area contributed by atoms with Gasteiger partial charge in [0.2, 0.25) is 5.91 Å². The number of esters is 2. The van der Waals surface area contributed by atoms with E-state index < -0.39 is 11.9 Å². The number of hydrogen-bond donors (Lipinski definition) is 1. The summed E-state index contributed by atoms with van der Waals surface area (Å²) >= 11 is 1.03. The third kappa shape index (κ3) is 6.03. The summed E-state index contributed by atoms with van der Waals surface area (Å²) in [4.78, 5) is 40.3. The van der Waals surface area contributed by atoms with Crippen LogP contribution in [0.25, 0.3) is 0 Å². The van der Waals surface area contributed by atoms with Gasteiger partial charge in [0, 0.05) is 19.5 Å². The predicted molar refractivity (Wildman–Crippen MR) is 114 cm³/mol. The molecule has 0 saturated carbocycles. The van der Waals surface area contributed by atoms with Gasteiger partial charge in [-0.15, -0.1) is 11.3 Å². The Hall–Kier alpha value is -2.44. The minimum absolute atomic E-state index is 0.184. The van der Waals surface area contributed by atoms with Gasteiger partial charge in [-0.3, -0.25) is 4.79 Å². The standard InChI is InChI=1S/C21H29N3O5S/c1-5-28-20(26)16-14(4)17(21(27)29-13(2)3)30-19(16)23-18(25)15-8-6-10-24(12-15)11-7-9-22/h13,15H,5-8,10-12H2,1-4H3,(H,23,25). The predicted octanol–water partition coefficient (Wildman–Crippen LogP) is 3.36. The molecule has 8 nitrogen and oxygen atoms in total. The SMILES string of the molecule is CCOC(=O)c1c(NC(=O)C2CCCN(CCC#N)C2)sc(C(=O)OC(C)C)c1C. The van der Waals surface area contributed by atoms with E-state index in [1.54, 1.807) is 27.7 Å².